The summed E-state index contributed by atoms with van der Waals surface area (Å²) in [5.74, 6) is -2.26. The van der Waals surface area contributed by atoms with E-state index in [1.54, 1.807) is 13.8 Å². The van der Waals surface area contributed by atoms with Crippen LogP contribution in [-0.2, 0) is 16.0 Å². The van der Waals surface area contributed by atoms with E-state index in [1.807, 2.05) is 0 Å². The van der Waals surface area contributed by atoms with E-state index in [2.05, 4.69) is 14.9 Å². The number of carbonyl (C=O) groups excluding carboxylic acids is 1. The van der Waals surface area contributed by atoms with Gasteiger partial charge in [0.15, 0.2) is 6.10 Å². The fraction of sp³-hybridized carbons (Fsp3) is 0.700. The molecule has 2 N–H and O–H groups in total. The molecule has 2 atom stereocenters. The van der Waals surface area contributed by atoms with Crippen LogP contribution in [0.4, 0.5) is 13.2 Å². The van der Waals surface area contributed by atoms with Crippen molar-refractivity contribution in [3.8, 4) is 0 Å². The van der Waals surface area contributed by atoms with Gasteiger partial charge in [-0.05, 0) is 6.42 Å². The number of hydrogen-bond acceptors (Lipinski definition) is 6. The minimum atomic E-state index is -5.09. The van der Waals surface area contributed by atoms with Gasteiger partial charge in [0, 0.05) is 12.5 Å². The molecule has 1 unspecified atom stereocenters. The number of esters is 1. The summed E-state index contributed by atoms with van der Waals surface area (Å²) in [4.78, 5) is 14.7. The van der Waals surface area contributed by atoms with Crippen molar-refractivity contribution >= 4 is 5.97 Å². The van der Waals surface area contributed by atoms with E-state index in [1.165, 1.54) is 0 Å². The Bertz CT molecular complexity index is 433. The highest BCUT2D eigenvalue weighted by molar-refractivity contribution is 5.75. The molecule has 0 fully saturated rings. The Balaban J connectivity index is 2.92. The van der Waals surface area contributed by atoms with Crippen molar-refractivity contribution in [1.82, 2.24) is 10.1 Å². The lowest BCUT2D eigenvalue weighted by atomic mass is 10.1. The van der Waals surface area contributed by atoms with Gasteiger partial charge in [-0.25, -0.2) is 4.79 Å². The van der Waals surface area contributed by atoms with Gasteiger partial charge in [-0.15, -0.1) is 0 Å². The maximum absolute atomic E-state index is 12.2. The second kappa shape index (κ2) is 6.00. The van der Waals surface area contributed by atoms with E-state index in [0.29, 0.717) is 6.42 Å². The molecule has 0 spiro atoms. The molecular weight excluding hydrogens is 267 g/mol. The monoisotopic (exact) mass is 281 g/mol. The Labute approximate surface area is 107 Å². The molecule has 1 rings (SSSR count). The first kappa shape index (κ1) is 15.4. The van der Waals surface area contributed by atoms with Crippen LogP contribution >= 0.6 is 0 Å². The molecule has 0 radical (unpaired) electrons. The number of ether oxygens (including phenoxy) is 1. The summed E-state index contributed by atoms with van der Waals surface area (Å²) in [7, 11) is 0. The Hall–Kier alpha value is -1.64. The second-order valence-corrected chi connectivity index (χ2v) is 3.80. The zero-order valence-corrected chi connectivity index (χ0v) is 10.4. The Morgan fingerprint density at radius 3 is 2.53 bits per heavy atom. The molecule has 0 aliphatic heterocycles. The number of aromatic nitrogens is 2. The number of nitrogens with zero attached hydrogens (tertiary/aromatic N) is 2. The van der Waals surface area contributed by atoms with Crippen LogP contribution in [0.3, 0.4) is 0 Å². The maximum Gasteiger partial charge on any atom is 0.490 e. The van der Waals surface area contributed by atoms with Crippen molar-refractivity contribution in [2.75, 3.05) is 0 Å². The van der Waals surface area contributed by atoms with Gasteiger partial charge in [0.1, 0.15) is 0 Å². The molecule has 19 heavy (non-hydrogen) atoms. The zero-order valence-electron chi connectivity index (χ0n) is 10.4. The smallest absolute Gasteiger partial charge is 0.446 e. The average Bonchev–Trinajstić information content (AvgIpc) is 2.81. The van der Waals surface area contributed by atoms with Gasteiger partial charge < -0.3 is 15.0 Å². The van der Waals surface area contributed by atoms with Crippen LogP contribution in [-0.4, -0.2) is 28.3 Å². The Kier molecular flexibility index (Phi) is 4.87. The highest BCUT2D eigenvalue weighted by Gasteiger charge is 2.44. The summed E-state index contributed by atoms with van der Waals surface area (Å²) >= 11 is 0. The molecule has 1 heterocycles. The van der Waals surface area contributed by atoms with Crippen molar-refractivity contribution in [3.05, 3.63) is 11.7 Å². The van der Waals surface area contributed by atoms with E-state index < -0.39 is 24.3 Å². The summed E-state index contributed by atoms with van der Waals surface area (Å²) in [6, 6.07) is -0.853. The average molecular weight is 281 g/mol. The minimum Gasteiger partial charge on any atom is -0.446 e. The first-order valence-electron chi connectivity index (χ1n) is 5.65. The number of aryl methyl sites for hydroxylation is 1. The first-order chi connectivity index (χ1) is 8.79. The summed E-state index contributed by atoms with van der Waals surface area (Å²) in [6.45, 7) is 3.37. The summed E-state index contributed by atoms with van der Waals surface area (Å²) in [5.41, 5.74) is 5.63. The number of carbonyl (C=O) groups is 1. The zero-order chi connectivity index (χ0) is 14.6. The molecule has 0 aliphatic rings. The Morgan fingerprint density at radius 1 is 1.47 bits per heavy atom. The third-order valence-corrected chi connectivity index (χ3v) is 2.37. The molecule has 1 aromatic heterocycles. The molecule has 108 valence electrons. The van der Waals surface area contributed by atoms with Gasteiger partial charge in [-0.3, -0.25) is 0 Å². The molecule has 9 heteroatoms. The van der Waals surface area contributed by atoms with Gasteiger partial charge >= 0.3 is 12.1 Å². The minimum absolute atomic E-state index is 0.163. The Morgan fingerprint density at radius 2 is 2.11 bits per heavy atom. The molecule has 6 nitrogen and oxygen atoms in total. The predicted molar refractivity (Wildman–Crippen MR) is 56.8 cm³/mol. The van der Waals surface area contributed by atoms with E-state index in [9.17, 15) is 18.0 Å². The standard InChI is InChI=1S/C10H14F3N3O3/c1-3-5(14)7(18-9(17)10(11,12)13)8-15-6(4-2)19-16-8/h5,7H,3-4,14H2,1-2H3/t5?,7-/m0/s1. The van der Waals surface area contributed by atoms with Crippen LogP contribution < -0.4 is 5.73 Å². The molecular formula is C10H14F3N3O3. The van der Waals surface area contributed by atoms with Gasteiger partial charge in [0.25, 0.3) is 0 Å². The van der Waals surface area contributed by atoms with Crippen LogP contribution in [0.25, 0.3) is 0 Å². The number of hydrogen-bond donors (Lipinski definition) is 1. The van der Waals surface area contributed by atoms with Crippen molar-refractivity contribution < 1.29 is 27.2 Å². The molecule has 0 aliphatic carbocycles. The van der Waals surface area contributed by atoms with Gasteiger partial charge in [-0.1, -0.05) is 19.0 Å². The number of rotatable bonds is 5. The van der Waals surface area contributed by atoms with Crippen molar-refractivity contribution in [2.24, 2.45) is 5.73 Å². The third-order valence-electron chi connectivity index (χ3n) is 2.37. The third kappa shape index (κ3) is 3.91. The number of halogens is 3. The van der Waals surface area contributed by atoms with Crippen molar-refractivity contribution in [2.45, 2.75) is 45.0 Å². The lowest BCUT2D eigenvalue weighted by Crippen LogP contribution is -2.36. The fourth-order valence-electron chi connectivity index (χ4n) is 1.25. The van der Waals surface area contributed by atoms with Gasteiger partial charge in [0.05, 0.1) is 0 Å². The quantitative estimate of drug-likeness (QED) is 0.823. The fourth-order valence-corrected chi connectivity index (χ4v) is 1.25. The first-order valence-corrected chi connectivity index (χ1v) is 5.65. The highest BCUT2D eigenvalue weighted by atomic mass is 19.4. The molecule has 0 aromatic carbocycles. The van der Waals surface area contributed by atoms with Crippen LogP contribution in [0.15, 0.2) is 4.52 Å². The number of nitrogens with two attached hydrogens (primary N) is 1. The van der Waals surface area contributed by atoms with E-state index in [0.717, 1.165) is 0 Å². The second-order valence-electron chi connectivity index (χ2n) is 3.80. The van der Waals surface area contributed by atoms with E-state index in [4.69, 9.17) is 10.3 Å². The maximum atomic E-state index is 12.2. The summed E-state index contributed by atoms with van der Waals surface area (Å²) < 4.78 is 45.7. The van der Waals surface area contributed by atoms with Gasteiger partial charge in [0.2, 0.25) is 11.7 Å². The van der Waals surface area contributed by atoms with Crippen LogP contribution in [0.2, 0.25) is 0 Å². The highest BCUT2D eigenvalue weighted by Crippen LogP contribution is 2.25. The molecule has 1 aromatic rings. The van der Waals surface area contributed by atoms with Crippen LogP contribution in [0.5, 0.6) is 0 Å². The predicted octanol–water partition coefficient (Wildman–Crippen LogP) is 1.52. The normalized spacial score (nSPS) is 15.1. The van der Waals surface area contributed by atoms with Crippen LogP contribution in [0.1, 0.15) is 38.1 Å². The molecule has 0 amide bonds. The molecule has 0 bridgehead atoms. The lowest BCUT2D eigenvalue weighted by Gasteiger charge is -2.20. The number of alkyl halides is 3. The van der Waals surface area contributed by atoms with E-state index >= 15 is 0 Å². The van der Waals surface area contributed by atoms with E-state index in [-0.39, 0.29) is 18.1 Å². The summed E-state index contributed by atoms with van der Waals surface area (Å²) in [5, 5.41) is 3.48. The lowest BCUT2D eigenvalue weighted by molar-refractivity contribution is -0.206. The topological polar surface area (TPSA) is 91.2 Å². The van der Waals surface area contributed by atoms with Crippen molar-refractivity contribution in [1.29, 1.82) is 0 Å². The van der Waals surface area contributed by atoms with Gasteiger partial charge in [-0.2, -0.15) is 18.2 Å². The molecule has 0 saturated carbocycles. The summed E-state index contributed by atoms with van der Waals surface area (Å²) in [6.07, 6.45) is -5.79. The molecule has 0 saturated heterocycles. The largest absolute Gasteiger partial charge is 0.490 e. The van der Waals surface area contributed by atoms with Crippen molar-refractivity contribution in [3.63, 3.8) is 0 Å². The van der Waals surface area contributed by atoms with Crippen LogP contribution in [0, 0.1) is 0 Å². The SMILES string of the molecule is CCc1nc([C@@H](OC(=O)C(F)(F)F)C(N)CC)no1.